The minimum Gasteiger partial charge on any atom is -1.00 e. The van der Waals surface area contributed by atoms with Gasteiger partial charge in [0.15, 0.2) is 11.4 Å². The van der Waals surface area contributed by atoms with Gasteiger partial charge in [0, 0.05) is 80.3 Å². The van der Waals surface area contributed by atoms with Crippen LogP contribution in [0.25, 0.3) is 21.8 Å². The standard InChI is InChI=1S/C22H22ClFN6O4.C12H15ClFN3O2.C10H9Cl2FO.C10H9N3O3.C3H8N2O.CH2O3.2K.H/c23-15-6-3-4-13(20(15)24)10-27-18(32)11-29(9-8-17(25)31)19(33)12-30-16-7-2-1-5-14(16)21(28-30)22(26)34;13-9-3-1-2-8(12(9)14)6-17-11(19)7-16-5-4-10(15)18;11-6-8(14)5-4-7-2-1-3-9(12)10(7)13;11-10(16)9-6-3-1-2-4-7(6)13(12-9)5-8(14)15;4-2-1-3(5)6;2-1-4-3;;;/h1-7H,8-12H2,(H2,25,31)(H2,26,34)(H,27,32);1-3,16H,4-7H2,(H2,15,18)(H,17,19);1-3H,4-6H2;1-4H,5H2,(H2,11,16)(H,14,15);1-2,4H2,(H2,5,6);1,3H;;;/q;;;;;;2*+1;-1/p-1. The van der Waals surface area contributed by atoms with Crippen LogP contribution in [0, 0.1) is 17.5 Å². The molecule has 7 aromatic rings. The zero-order chi connectivity index (χ0) is 69.7. The number of fused-ring (bicyclic) bond motifs is 2. The first-order valence-electron chi connectivity index (χ1n) is 27.0. The van der Waals surface area contributed by atoms with E-state index in [1.807, 2.05) is 0 Å². The number of para-hydroxylation sites is 2. The number of rotatable bonds is 27. The van der Waals surface area contributed by atoms with E-state index >= 15 is 0 Å². The first-order chi connectivity index (χ1) is 44.1. The summed E-state index contributed by atoms with van der Waals surface area (Å²) in [6.07, 6.45) is 0.878. The fourth-order valence-corrected chi connectivity index (χ4v) is 8.16. The van der Waals surface area contributed by atoms with Crippen LogP contribution in [-0.2, 0) is 80.6 Å². The van der Waals surface area contributed by atoms with Crippen molar-refractivity contribution in [1.29, 1.82) is 0 Å². The summed E-state index contributed by atoms with van der Waals surface area (Å²) in [5, 5.41) is 34.0. The Bertz CT molecular complexity index is 3750. The number of hydrogen-bond donors (Lipinski definition) is 10. The molecule has 8 amide bonds. The first-order valence-corrected chi connectivity index (χ1v) is 28.7. The summed E-state index contributed by atoms with van der Waals surface area (Å²) in [6.45, 7) is -0.682. The van der Waals surface area contributed by atoms with Crippen molar-refractivity contribution >= 4 is 134 Å². The van der Waals surface area contributed by atoms with E-state index in [0.717, 1.165) is 4.90 Å². The number of carbonyl (C=O) groups excluding carboxylic acids is 10. The summed E-state index contributed by atoms with van der Waals surface area (Å²) in [5.74, 6) is -7.05. The first kappa shape index (κ1) is 88.5. The number of nitrogens with zero attached hydrogens (tertiary/aromatic N) is 5. The summed E-state index contributed by atoms with van der Waals surface area (Å²) in [6, 6.07) is 27.3. The second-order valence-corrected chi connectivity index (χ2v) is 20.1. The zero-order valence-corrected chi connectivity index (χ0v) is 60.4. The molecule has 0 spiro atoms. The fraction of sp³-hybridized carbons (Fsp3) is 0.259. The predicted molar refractivity (Wildman–Crippen MR) is 334 cm³/mol. The molecule has 0 atom stereocenters. The third-order valence-electron chi connectivity index (χ3n) is 11.8. The molecule has 2 heterocycles. The Kier molecular flexibility index (Phi) is 45.0. The molecule has 0 unspecified atom stereocenters. The normalized spacial score (nSPS) is 9.91. The van der Waals surface area contributed by atoms with Gasteiger partial charge in [-0.2, -0.15) is 10.2 Å². The number of alkyl halides is 1. The number of nitrogens with two attached hydrogens (primary N) is 6. The quantitative estimate of drug-likeness (QED) is 0.00592. The SMILES string of the molecule is NC(=O)CCN(CC(=O)NCc1cccc(Cl)c1F)C(=O)Cn1nc(C(N)=O)c2ccccc21.NC(=O)CCNCC(=O)NCc1cccc(Cl)c1F.NC(=O)c1nn(CC(=O)O)c2ccccc12.NCCC(N)=O.O=C(CCl)CCc1cccc(Cl)c1F.O=CO[O-].[H-].[K+].[K+]. The number of carboxylic acid groups (broad SMARTS) is 1. The Labute approximate surface area is 647 Å². The molecule has 0 aliphatic carbocycles. The molecule has 16 N–H and O–H groups in total. The number of aliphatic carboxylic acids is 1. The summed E-state index contributed by atoms with van der Waals surface area (Å²) < 4.78 is 43.4. The molecule has 2 aromatic heterocycles. The number of benzene rings is 5. The van der Waals surface area contributed by atoms with Crippen molar-refractivity contribution in [1.82, 2.24) is 40.4 Å². The molecule has 0 radical (unpaired) electrons. The molecule has 5 aromatic carbocycles. The number of Topliss-reactive ketones (excluding diaryl/α,β-unsaturated/α-hetero) is 1. The second kappa shape index (κ2) is 48.2. The van der Waals surface area contributed by atoms with Gasteiger partial charge < -0.3 is 71.9 Å². The second-order valence-electron chi connectivity index (χ2n) is 18.7. The van der Waals surface area contributed by atoms with Gasteiger partial charge in [0.1, 0.15) is 36.3 Å². The van der Waals surface area contributed by atoms with Gasteiger partial charge in [-0.3, -0.25) is 62.1 Å². The van der Waals surface area contributed by atoms with E-state index in [-0.39, 0.29) is 225 Å². The van der Waals surface area contributed by atoms with Crippen LogP contribution in [0.4, 0.5) is 13.2 Å². The number of primary amides is 5. The number of aromatic nitrogens is 4. The van der Waals surface area contributed by atoms with Crippen LogP contribution < -0.4 is 158 Å². The summed E-state index contributed by atoms with van der Waals surface area (Å²) >= 11 is 22.3. The predicted octanol–water partition coefficient (Wildman–Crippen LogP) is -3.68. The van der Waals surface area contributed by atoms with Crippen molar-refractivity contribution in [2.45, 2.75) is 58.3 Å². The van der Waals surface area contributed by atoms with Crippen molar-refractivity contribution in [3.8, 4) is 0 Å². The number of halogens is 7. The van der Waals surface area contributed by atoms with E-state index in [0.29, 0.717) is 58.9 Å². The number of carboxylic acids is 1. The maximum atomic E-state index is 14.0. The fourth-order valence-electron chi connectivity index (χ4n) is 7.44. The van der Waals surface area contributed by atoms with E-state index < -0.39 is 65.4 Å². The third-order valence-corrected chi connectivity index (χ3v) is 13.0. The molecule has 28 nitrogen and oxygen atoms in total. The van der Waals surface area contributed by atoms with Gasteiger partial charge in [-0.15, -0.1) is 11.6 Å². The average molecular weight is 1460 g/mol. The van der Waals surface area contributed by atoms with Gasteiger partial charge >= 0.3 is 109 Å². The number of hydrogen-bond acceptors (Lipinski definition) is 17. The Morgan fingerprint density at radius 1 is 0.611 bits per heavy atom. The maximum absolute atomic E-state index is 14.0. The van der Waals surface area contributed by atoms with Gasteiger partial charge in [0.2, 0.25) is 35.4 Å². The number of ketones is 1. The Morgan fingerprint density at radius 3 is 1.43 bits per heavy atom. The largest absolute Gasteiger partial charge is 1.00 e. The van der Waals surface area contributed by atoms with Gasteiger partial charge in [0.25, 0.3) is 18.3 Å². The summed E-state index contributed by atoms with van der Waals surface area (Å²) in [7, 11) is 0. The van der Waals surface area contributed by atoms with Crippen molar-refractivity contribution < 1.29 is 185 Å². The van der Waals surface area contributed by atoms with Crippen LogP contribution in [0.1, 0.15) is 64.8 Å². The minimum absolute atomic E-state index is 0. The molecule has 37 heteroatoms. The molecule has 0 saturated heterocycles. The van der Waals surface area contributed by atoms with E-state index in [9.17, 15) is 61.1 Å². The number of aryl methyl sites for hydroxylation is 1. The van der Waals surface area contributed by atoms with Gasteiger partial charge in [-0.25, -0.2) is 13.2 Å². The van der Waals surface area contributed by atoms with E-state index in [1.165, 1.54) is 33.6 Å². The smallest absolute Gasteiger partial charge is 1.00 e. The Balaban J connectivity index is 0. The Hall–Kier alpha value is -6.49. The zero-order valence-electron chi connectivity index (χ0n) is 52.1. The van der Waals surface area contributed by atoms with Crippen molar-refractivity contribution in [2.24, 2.45) is 34.4 Å². The van der Waals surface area contributed by atoms with Crippen LogP contribution in [0.3, 0.4) is 0 Å². The molecule has 0 aliphatic heterocycles. The third kappa shape index (κ3) is 33.4. The summed E-state index contributed by atoms with van der Waals surface area (Å²) in [5.41, 5.74) is 32.4. The van der Waals surface area contributed by atoms with E-state index in [1.54, 1.807) is 78.9 Å². The van der Waals surface area contributed by atoms with Crippen molar-refractivity contribution in [2.75, 3.05) is 38.6 Å². The van der Waals surface area contributed by atoms with Crippen molar-refractivity contribution in [3.05, 3.63) is 164 Å². The number of carbonyl (C=O) groups is 11. The maximum Gasteiger partial charge on any atom is 1.00 e. The summed E-state index contributed by atoms with van der Waals surface area (Å²) in [4.78, 5) is 125. The van der Waals surface area contributed by atoms with Crippen LogP contribution >= 0.6 is 46.4 Å². The van der Waals surface area contributed by atoms with E-state index in [2.05, 4.69) is 36.8 Å². The molecule has 0 aliphatic rings. The van der Waals surface area contributed by atoms with Crippen LogP contribution in [0.5, 0.6) is 0 Å². The Morgan fingerprint density at radius 2 is 1.03 bits per heavy atom. The molecular formula is C58H65Cl4F3K2N14O14. The molecule has 95 heavy (non-hydrogen) atoms. The van der Waals surface area contributed by atoms with Gasteiger partial charge in [-0.1, -0.05) is 108 Å². The van der Waals surface area contributed by atoms with Crippen LogP contribution in [0.2, 0.25) is 15.1 Å². The number of nitrogens with one attached hydrogen (secondary N) is 3. The number of amides is 8. The molecule has 502 valence electrons. The van der Waals surface area contributed by atoms with Crippen LogP contribution in [0.15, 0.2) is 103 Å². The molecular weight excluding hydrogens is 1390 g/mol. The monoisotopic (exact) mass is 1460 g/mol. The van der Waals surface area contributed by atoms with E-state index in [4.69, 9.17) is 90.2 Å². The minimum atomic E-state index is -1.02. The molecule has 0 saturated carbocycles. The molecule has 0 bridgehead atoms. The molecule has 0 fully saturated rings. The van der Waals surface area contributed by atoms with Crippen LogP contribution in [-0.4, -0.2) is 134 Å². The average Bonchev–Trinajstić information content (AvgIpc) is 1.66. The molecule has 7 rings (SSSR count). The van der Waals surface area contributed by atoms with Crippen molar-refractivity contribution in [3.63, 3.8) is 0 Å². The van der Waals surface area contributed by atoms with Gasteiger partial charge in [0.05, 0.1) is 45.1 Å². The topological polar surface area (TPSA) is 471 Å². The van der Waals surface area contributed by atoms with Gasteiger partial charge in [-0.05, 0) is 42.3 Å².